The number of ether oxygens (including phenoxy) is 2. The molecule has 11 heteroatoms. The van der Waals surface area contributed by atoms with Crippen molar-refractivity contribution in [3.8, 4) is 0 Å². The third-order valence-corrected chi connectivity index (χ3v) is 11.4. The number of aliphatic hydroxyl groups is 7. The smallest absolute Gasteiger partial charge is 0.249 e. The van der Waals surface area contributed by atoms with Crippen molar-refractivity contribution >= 4 is 5.91 Å². The molecule has 1 amide bonds. The highest BCUT2D eigenvalue weighted by molar-refractivity contribution is 5.80. The lowest BCUT2D eigenvalue weighted by atomic mass is 9.98. The Morgan fingerprint density at radius 3 is 1.51 bits per heavy atom. The maximum atomic E-state index is 13.0. The Morgan fingerprint density at radius 2 is 1.02 bits per heavy atom. The molecule has 0 radical (unpaired) electrons. The van der Waals surface area contributed by atoms with Gasteiger partial charge in [0.2, 0.25) is 5.91 Å². The van der Waals surface area contributed by atoms with Gasteiger partial charge in [-0.1, -0.05) is 166 Å². The van der Waals surface area contributed by atoms with E-state index in [1.165, 1.54) is 103 Å². The summed E-state index contributed by atoms with van der Waals surface area (Å²) in [6, 6.07) is -1.19. The topological polar surface area (TPSA) is 189 Å². The molecule has 1 saturated heterocycles. The van der Waals surface area contributed by atoms with Crippen LogP contribution >= 0.6 is 0 Å². The molecule has 9 unspecified atom stereocenters. The third-order valence-electron chi connectivity index (χ3n) is 11.4. The molecule has 11 nitrogen and oxygen atoms in total. The molecule has 0 saturated carbocycles. The SMILES string of the molecule is CCCCCCCCCCCCC/C=C/CC/C=C/CC/C=C/CCCC(O)C(O)C(COC1OC(CO)C(O)C(O)C1O)NC(=O)C(O)CCCCCCCCCC. The number of hydrogen-bond donors (Lipinski definition) is 8. The first-order valence-corrected chi connectivity index (χ1v) is 23.9. The van der Waals surface area contributed by atoms with Gasteiger partial charge < -0.3 is 50.5 Å². The van der Waals surface area contributed by atoms with Gasteiger partial charge in [-0.3, -0.25) is 4.79 Å². The van der Waals surface area contributed by atoms with Gasteiger partial charge in [0.1, 0.15) is 36.6 Å². The highest BCUT2D eigenvalue weighted by Gasteiger charge is 2.44. The zero-order valence-electron chi connectivity index (χ0n) is 37.2. The van der Waals surface area contributed by atoms with E-state index in [9.17, 15) is 40.5 Å². The van der Waals surface area contributed by atoms with Gasteiger partial charge >= 0.3 is 0 Å². The normalized spacial score (nSPS) is 22.1. The van der Waals surface area contributed by atoms with Crippen molar-refractivity contribution in [1.29, 1.82) is 0 Å². The molecule has 1 aliphatic heterocycles. The number of carbonyl (C=O) groups excluding carboxylic acids is 1. The lowest BCUT2D eigenvalue weighted by Gasteiger charge is -2.40. The van der Waals surface area contributed by atoms with E-state index in [2.05, 4.69) is 55.6 Å². The fourth-order valence-corrected chi connectivity index (χ4v) is 7.41. The Kier molecular flexibility index (Phi) is 35.7. The predicted molar refractivity (Wildman–Crippen MR) is 238 cm³/mol. The van der Waals surface area contributed by atoms with Crippen molar-refractivity contribution in [3.63, 3.8) is 0 Å². The second-order valence-electron chi connectivity index (χ2n) is 16.8. The van der Waals surface area contributed by atoms with E-state index >= 15 is 0 Å². The quantitative estimate of drug-likeness (QED) is 0.0223. The number of hydrogen-bond acceptors (Lipinski definition) is 10. The average Bonchev–Trinajstić information content (AvgIpc) is 3.23. The van der Waals surface area contributed by atoms with Gasteiger partial charge in [0, 0.05) is 0 Å². The third kappa shape index (κ3) is 27.8. The summed E-state index contributed by atoms with van der Waals surface area (Å²) in [4.78, 5) is 13.0. The molecule has 8 N–H and O–H groups in total. The van der Waals surface area contributed by atoms with E-state index in [1.54, 1.807) is 0 Å². The van der Waals surface area contributed by atoms with Crippen LogP contribution in [0.3, 0.4) is 0 Å². The summed E-state index contributed by atoms with van der Waals surface area (Å²) < 4.78 is 11.0. The molecule has 0 aromatic heterocycles. The van der Waals surface area contributed by atoms with E-state index in [0.717, 1.165) is 44.9 Å². The van der Waals surface area contributed by atoms with Gasteiger partial charge in [-0.15, -0.1) is 0 Å². The van der Waals surface area contributed by atoms with Gasteiger partial charge in [0.25, 0.3) is 0 Å². The van der Waals surface area contributed by atoms with Crippen LogP contribution in [-0.2, 0) is 14.3 Å². The lowest BCUT2D eigenvalue weighted by molar-refractivity contribution is -0.303. The first-order valence-electron chi connectivity index (χ1n) is 23.9. The number of amides is 1. The van der Waals surface area contributed by atoms with Crippen LogP contribution in [-0.4, -0.2) is 110 Å². The number of aliphatic hydroxyl groups excluding tert-OH is 7. The molecule has 1 fully saturated rings. The largest absolute Gasteiger partial charge is 0.394 e. The van der Waals surface area contributed by atoms with Crippen molar-refractivity contribution in [2.24, 2.45) is 0 Å². The maximum Gasteiger partial charge on any atom is 0.249 e. The van der Waals surface area contributed by atoms with Crippen molar-refractivity contribution in [2.75, 3.05) is 13.2 Å². The zero-order chi connectivity index (χ0) is 43.4. The molecule has 0 aromatic rings. The first-order chi connectivity index (χ1) is 28.7. The number of allylic oxidation sites excluding steroid dienone is 6. The standard InChI is InChI=1S/C48H89NO10/c1-3-5-7-9-11-13-14-15-16-17-18-19-20-21-22-23-24-25-26-27-28-30-31-33-35-40(51)43(53)39(38-58-48-46(56)45(55)44(54)42(37-50)59-48)49-47(57)41(52)36-34-32-29-12-10-8-6-4-2/h20-21,24-25,28,30,39-46,48,50-56H,3-19,22-23,26-27,29,31-38H2,1-2H3,(H,49,57)/b21-20+,25-24+,30-28+. The number of unbranched alkanes of at least 4 members (excludes halogenated alkanes) is 21. The number of carbonyl (C=O) groups is 1. The summed E-state index contributed by atoms with van der Waals surface area (Å²) in [5.41, 5.74) is 0. The van der Waals surface area contributed by atoms with E-state index in [4.69, 9.17) is 9.47 Å². The van der Waals surface area contributed by atoms with Gasteiger partial charge in [-0.2, -0.15) is 0 Å². The van der Waals surface area contributed by atoms with E-state index in [1.807, 2.05) is 0 Å². The second kappa shape index (κ2) is 38.0. The maximum absolute atomic E-state index is 13.0. The highest BCUT2D eigenvalue weighted by atomic mass is 16.7. The minimum absolute atomic E-state index is 0.241. The highest BCUT2D eigenvalue weighted by Crippen LogP contribution is 2.23. The lowest BCUT2D eigenvalue weighted by Crippen LogP contribution is -2.60. The Morgan fingerprint density at radius 1 is 0.576 bits per heavy atom. The summed E-state index contributed by atoms with van der Waals surface area (Å²) in [6.07, 6.45) is 32.3. The van der Waals surface area contributed by atoms with Gasteiger partial charge in [-0.05, 0) is 64.2 Å². The summed E-state index contributed by atoms with van der Waals surface area (Å²) in [5.74, 6) is -0.718. The molecule has 59 heavy (non-hydrogen) atoms. The minimum Gasteiger partial charge on any atom is -0.394 e. The van der Waals surface area contributed by atoms with Gasteiger partial charge in [0.05, 0.1) is 25.4 Å². The molecule has 1 aliphatic rings. The van der Waals surface area contributed by atoms with Crippen LogP contribution in [0.15, 0.2) is 36.5 Å². The van der Waals surface area contributed by atoms with E-state index in [-0.39, 0.29) is 12.8 Å². The molecule has 0 aromatic carbocycles. The Bertz CT molecular complexity index is 1050. The van der Waals surface area contributed by atoms with Crippen molar-refractivity contribution in [1.82, 2.24) is 5.32 Å². The van der Waals surface area contributed by atoms with E-state index in [0.29, 0.717) is 19.3 Å². The Hall–Kier alpha value is -1.67. The van der Waals surface area contributed by atoms with Crippen molar-refractivity contribution in [2.45, 2.75) is 249 Å². The molecule has 0 spiro atoms. The molecular formula is C48H89NO10. The fourth-order valence-electron chi connectivity index (χ4n) is 7.41. The molecule has 1 rings (SSSR count). The minimum atomic E-state index is -1.67. The number of rotatable bonds is 39. The molecule has 346 valence electrons. The van der Waals surface area contributed by atoms with Crippen LogP contribution in [0.2, 0.25) is 0 Å². The summed E-state index contributed by atoms with van der Waals surface area (Å²) in [7, 11) is 0. The first kappa shape index (κ1) is 55.3. The molecule has 1 heterocycles. The molecule has 9 atom stereocenters. The second-order valence-corrected chi connectivity index (χ2v) is 16.8. The van der Waals surface area contributed by atoms with Gasteiger partial charge in [0.15, 0.2) is 6.29 Å². The van der Waals surface area contributed by atoms with Crippen LogP contribution < -0.4 is 5.32 Å². The average molecular weight is 840 g/mol. The summed E-state index contributed by atoms with van der Waals surface area (Å²) in [6.45, 7) is 3.37. The Balaban J connectivity index is 2.39. The molecule has 0 bridgehead atoms. The predicted octanol–water partition coefficient (Wildman–Crippen LogP) is 8.00. The summed E-state index contributed by atoms with van der Waals surface area (Å²) in [5, 5.41) is 75.4. The van der Waals surface area contributed by atoms with Crippen molar-refractivity contribution < 1.29 is 50.0 Å². The fraction of sp³-hybridized carbons (Fsp3) is 0.854. The van der Waals surface area contributed by atoms with Crippen molar-refractivity contribution in [3.05, 3.63) is 36.5 Å². The molecular weight excluding hydrogens is 751 g/mol. The Labute approximate surface area is 358 Å². The van der Waals surface area contributed by atoms with E-state index < -0.39 is 74.2 Å². The van der Waals surface area contributed by atoms with Crippen LogP contribution in [0.4, 0.5) is 0 Å². The zero-order valence-corrected chi connectivity index (χ0v) is 37.2. The van der Waals surface area contributed by atoms with Crippen LogP contribution in [0.1, 0.15) is 194 Å². The molecule has 0 aliphatic carbocycles. The van der Waals surface area contributed by atoms with Crippen LogP contribution in [0.5, 0.6) is 0 Å². The van der Waals surface area contributed by atoms with Crippen LogP contribution in [0, 0.1) is 0 Å². The summed E-state index contributed by atoms with van der Waals surface area (Å²) >= 11 is 0. The monoisotopic (exact) mass is 840 g/mol. The van der Waals surface area contributed by atoms with Gasteiger partial charge in [-0.25, -0.2) is 0 Å². The van der Waals surface area contributed by atoms with Crippen LogP contribution in [0.25, 0.3) is 0 Å². The number of nitrogens with one attached hydrogen (secondary N) is 1.